The second kappa shape index (κ2) is 7.47. The van der Waals surface area contributed by atoms with E-state index in [4.69, 9.17) is 9.47 Å². The van der Waals surface area contributed by atoms with Gasteiger partial charge in [-0.15, -0.1) is 0 Å². The molecule has 1 aromatic carbocycles. The van der Waals surface area contributed by atoms with Crippen molar-refractivity contribution >= 4 is 11.9 Å². The molecule has 0 fully saturated rings. The Morgan fingerprint density at radius 1 is 1.27 bits per heavy atom. The van der Waals surface area contributed by atoms with Crippen molar-refractivity contribution in [2.75, 3.05) is 19.8 Å². The summed E-state index contributed by atoms with van der Waals surface area (Å²) in [5.41, 5.74) is 1.48. The third-order valence-corrected chi connectivity index (χ3v) is 4.21. The Morgan fingerprint density at radius 2 is 2.00 bits per heavy atom. The van der Waals surface area contributed by atoms with Crippen LogP contribution in [0.5, 0.6) is 11.5 Å². The number of nitrogens with one attached hydrogen (secondary N) is 1. The van der Waals surface area contributed by atoms with E-state index in [1.54, 1.807) is 18.2 Å². The lowest BCUT2D eigenvalue weighted by atomic mass is 10.0. The fourth-order valence-corrected chi connectivity index (χ4v) is 3.10. The molecule has 2 N–H and O–H groups in total. The molecular weight excluding hydrogens is 338 g/mol. The molecule has 2 heterocycles. The Kier molecular flexibility index (Phi) is 5.11. The first-order valence-corrected chi connectivity index (χ1v) is 8.52. The molecule has 26 heavy (non-hydrogen) atoms. The van der Waals surface area contributed by atoms with E-state index in [9.17, 15) is 14.7 Å². The van der Waals surface area contributed by atoms with Crippen LogP contribution in [0.2, 0.25) is 0 Å². The number of benzene rings is 1. The quantitative estimate of drug-likeness (QED) is 0.818. The summed E-state index contributed by atoms with van der Waals surface area (Å²) in [6, 6.07) is 3.77. The van der Waals surface area contributed by atoms with Crippen LogP contribution in [0.3, 0.4) is 0 Å². The highest BCUT2D eigenvalue weighted by Gasteiger charge is 2.38. The van der Waals surface area contributed by atoms with Crippen molar-refractivity contribution in [2.45, 2.75) is 26.3 Å². The van der Waals surface area contributed by atoms with Gasteiger partial charge in [0.2, 0.25) is 0 Å². The fourth-order valence-electron chi connectivity index (χ4n) is 3.10. The molecule has 0 bridgehead atoms. The number of aromatic nitrogens is 2. The predicted molar refractivity (Wildman–Crippen MR) is 92.5 cm³/mol. The molecule has 0 saturated heterocycles. The highest BCUT2D eigenvalue weighted by Crippen LogP contribution is 2.32. The molecule has 2 aromatic rings. The topological polar surface area (TPSA) is 105 Å². The first-order valence-electron chi connectivity index (χ1n) is 8.52. The largest absolute Gasteiger partial charge is 0.490 e. The highest BCUT2D eigenvalue weighted by atomic mass is 16.5. The zero-order valence-corrected chi connectivity index (χ0v) is 14.7. The number of fused-ring (bicyclic) bond motifs is 1. The van der Waals surface area contributed by atoms with Crippen LogP contribution in [0.4, 0.5) is 0 Å². The lowest BCUT2D eigenvalue weighted by molar-refractivity contribution is -0.143. The summed E-state index contributed by atoms with van der Waals surface area (Å²) in [5, 5.41) is 9.63. The van der Waals surface area contributed by atoms with Gasteiger partial charge in [-0.1, -0.05) is 0 Å². The number of ether oxygens (including phenoxy) is 2. The number of carboxylic acid groups (broad SMARTS) is 1. The first-order chi connectivity index (χ1) is 12.6. The van der Waals surface area contributed by atoms with E-state index in [-0.39, 0.29) is 5.91 Å². The average Bonchev–Trinajstić information content (AvgIpc) is 3.10. The van der Waals surface area contributed by atoms with Crippen LogP contribution >= 0.6 is 0 Å². The summed E-state index contributed by atoms with van der Waals surface area (Å²) in [5.74, 6) is -0.476. The maximum atomic E-state index is 13.0. The molecule has 8 nitrogen and oxygen atoms in total. The van der Waals surface area contributed by atoms with Gasteiger partial charge in [-0.05, 0) is 32.0 Å². The summed E-state index contributed by atoms with van der Waals surface area (Å²) in [6.45, 7) is 4.90. The van der Waals surface area contributed by atoms with Crippen LogP contribution in [-0.2, 0) is 11.2 Å². The Bertz CT molecular complexity index is 817. The SMILES string of the molecule is CCOc1ccc(C(=O)N2CCc3[nH]cnc3[C@@H]2C(=O)O)cc1OCC. The Hall–Kier alpha value is -3.03. The van der Waals surface area contributed by atoms with Crippen LogP contribution in [0.25, 0.3) is 0 Å². The van der Waals surface area contributed by atoms with Gasteiger partial charge in [0.15, 0.2) is 17.5 Å². The minimum absolute atomic E-state index is 0.294. The lowest BCUT2D eigenvalue weighted by Crippen LogP contribution is -2.43. The van der Waals surface area contributed by atoms with Crippen LogP contribution in [0.15, 0.2) is 24.5 Å². The second-order valence-corrected chi connectivity index (χ2v) is 5.78. The summed E-state index contributed by atoms with van der Waals surface area (Å²) in [6.07, 6.45) is 1.98. The third kappa shape index (κ3) is 3.22. The smallest absolute Gasteiger partial charge is 0.332 e. The van der Waals surface area contributed by atoms with Crippen LogP contribution in [0.1, 0.15) is 41.6 Å². The van der Waals surface area contributed by atoms with Gasteiger partial charge in [-0.2, -0.15) is 0 Å². The predicted octanol–water partition coefficient (Wildman–Crippen LogP) is 2.03. The molecule has 3 rings (SSSR count). The number of aromatic amines is 1. The van der Waals surface area contributed by atoms with E-state index < -0.39 is 12.0 Å². The Morgan fingerprint density at radius 3 is 2.69 bits per heavy atom. The Balaban J connectivity index is 1.93. The zero-order chi connectivity index (χ0) is 18.7. The molecule has 138 valence electrons. The van der Waals surface area contributed by atoms with Gasteiger partial charge in [0.1, 0.15) is 0 Å². The summed E-state index contributed by atoms with van der Waals surface area (Å²) in [4.78, 5) is 33.1. The molecule has 1 aromatic heterocycles. The number of hydrogen-bond donors (Lipinski definition) is 2. The number of carboxylic acids is 1. The first kappa shape index (κ1) is 17.8. The van der Waals surface area contributed by atoms with Gasteiger partial charge in [-0.25, -0.2) is 9.78 Å². The zero-order valence-electron chi connectivity index (χ0n) is 14.7. The number of hydrogen-bond acceptors (Lipinski definition) is 5. The Labute approximate surface area is 150 Å². The van der Waals surface area contributed by atoms with E-state index in [0.29, 0.717) is 48.9 Å². The fraction of sp³-hybridized carbons (Fsp3) is 0.389. The van der Waals surface area contributed by atoms with Crippen LogP contribution in [0, 0.1) is 0 Å². The molecule has 1 atom stereocenters. The van der Waals surface area contributed by atoms with Gasteiger partial charge in [0.05, 0.1) is 25.2 Å². The van der Waals surface area contributed by atoms with E-state index in [1.165, 1.54) is 11.2 Å². The molecule has 8 heteroatoms. The maximum absolute atomic E-state index is 13.0. The number of carbonyl (C=O) groups excluding carboxylic acids is 1. The maximum Gasteiger partial charge on any atom is 0.332 e. The molecule has 0 saturated carbocycles. The number of H-pyrrole nitrogens is 1. The molecule has 0 aliphatic carbocycles. The molecule has 1 aliphatic rings. The van der Waals surface area contributed by atoms with Crippen molar-refractivity contribution in [3.8, 4) is 11.5 Å². The second-order valence-electron chi connectivity index (χ2n) is 5.78. The van der Waals surface area contributed by atoms with Crippen molar-refractivity contribution in [3.05, 3.63) is 41.5 Å². The third-order valence-electron chi connectivity index (χ3n) is 4.21. The standard InChI is InChI=1S/C18H21N3O5/c1-3-25-13-6-5-11(9-14(13)26-4-2)17(22)21-8-7-12-15(20-10-19-12)16(21)18(23)24/h5-6,9-10,16H,3-4,7-8H2,1-2H3,(H,19,20)(H,23,24)/t16-/m1/s1. The van der Waals surface area contributed by atoms with E-state index in [1.807, 2.05) is 13.8 Å². The van der Waals surface area contributed by atoms with Crippen LogP contribution in [-0.4, -0.2) is 51.6 Å². The van der Waals surface area contributed by atoms with E-state index in [2.05, 4.69) is 9.97 Å². The number of rotatable bonds is 6. The molecular formula is C18H21N3O5. The van der Waals surface area contributed by atoms with Crippen molar-refractivity contribution in [1.82, 2.24) is 14.9 Å². The van der Waals surface area contributed by atoms with Gasteiger partial charge in [0.25, 0.3) is 5.91 Å². The number of aliphatic carboxylic acids is 1. The minimum Gasteiger partial charge on any atom is -0.490 e. The summed E-state index contributed by atoms with van der Waals surface area (Å²) in [7, 11) is 0. The number of nitrogens with zero attached hydrogens (tertiary/aromatic N) is 2. The lowest BCUT2D eigenvalue weighted by Gasteiger charge is -2.32. The van der Waals surface area contributed by atoms with Gasteiger partial charge in [0, 0.05) is 24.2 Å². The summed E-state index contributed by atoms with van der Waals surface area (Å²) < 4.78 is 11.1. The van der Waals surface area contributed by atoms with Gasteiger partial charge < -0.3 is 24.5 Å². The summed E-state index contributed by atoms with van der Waals surface area (Å²) >= 11 is 0. The molecule has 1 amide bonds. The van der Waals surface area contributed by atoms with E-state index >= 15 is 0 Å². The van der Waals surface area contributed by atoms with Gasteiger partial charge in [-0.3, -0.25) is 4.79 Å². The number of amides is 1. The number of imidazole rings is 1. The molecule has 1 aliphatic heterocycles. The minimum atomic E-state index is -1.11. The van der Waals surface area contributed by atoms with E-state index in [0.717, 1.165) is 5.69 Å². The van der Waals surface area contributed by atoms with Crippen molar-refractivity contribution in [3.63, 3.8) is 0 Å². The monoisotopic (exact) mass is 359 g/mol. The van der Waals surface area contributed by atoms with Crippen molar-refractivity contribution in [2.24, 2.45) is 0 Å². The normalized spacial score (nSPS) is 16.1. The van der Waals surface area contributed by atoms with Crippen molar-refractivity contribution in [1.29, 1.82) is 0 Å². The highest BCUT2D eigenvalue weighted by molar-refractivity contribution is 5.97. The van der Waals surface area contributed by atoms with Crippen LogP contribution < -0.4 is 9.47 Å². The molecule has 0 unspecified atom stereocenters. The molecule has 0 spiro atoms. The van der Waals surface area contributed by atoms with Gasteiger partial charge >= 0.3 is 5.97 Å². The average molecular weight is 359 g/mol. The van der Waals surface area contributed by atoms with Crippen molar-refractivity contribution < 1.29 is 24.2 Å². The number of carbonyl (C=O) groups is 2. The molecule has 0 radical (unpaired) electrons.